The summed E-state index contributed by atoms with van der Waals surface area (Å²) in [7, 11) is -3.31. The predicted octanol–water partition coefficient (Wildman–Crippen LogP) is 1.47. The van der Waals surface area contributed by atoms with Crippen molar-refractivity contribution in [2.45, 2.75) is 11.3 Å². The van der Waals surface area contributed by atoms with Crippen molar-refractivity contribution in [3.63, 3.8) is 0 Å². The quantitative estimate of drug-likeness (QED) is 0.581. The molecule has 0 unspecified atom stereocenters. The van der Waals surface area contributed by atoms with E-state index in [4.69, 9.17) is 16.3 Å². The molecule has 0 saturated heterocycles. The average Bonchev–Trinajstić information content (AvgIpc) is 2.41. The van der Waals surface area contributed by atoms with Crippen molar-refractivity contribution in [1.82, 2.24) is 5.32 Å². The second kappa shape index (κ2) is 8.24. The van der Waals surface area contributed by atoms with Crippen molar-refractivity contribution in [1.29, 1.82) is 0 Å². The molecule has 0 saturated carbocycles. The molecule has 1 rings (SSSR count). The van der Waals surface area contributed by atoms with E-state index < -0.39 is 9.84 Å². The van der Waals surface area contributed by atoms with Gasteiger partial charge < -0.3 is 10.1 Å². The van der Waals surface area contributed by atoms with Gasteiger partial charge in [-0.2, -0.15) is 0 Å². The Kier molecular flexibility index (Phi) is 6.98. The Hall–Kier alpha value is -1.11. The largest absolute Gasteiger partial charge is 0.380 e. The van der Waals surface area contributed by atoms with Crippen LogP contribution in [0.25, 0.3) is 0 Å². The molecule has 0 heterocycles. The predicted molar refractivity (Wildman–Crippen MR) is 78.0 cm³/mol. The van der Waals surface area contributed by atoms with Gasteiger partial charge in [0.05, 0.1) is 11.5 Å². The molecule has 0 aromatic heterocycles. The van der Waals surface area contributed by atoms with E-state index in [0.29, 0.717) is 37.6 Å². The standard InChI is InChI=1S/C13H18ClNO4S/c1-20(17,18)12-5-2-4-11(10-12)13(16)15-7-3-8-19-9-6-14/h2,4-5,10H,3,6-9H2,1H3,(H,15,16). The third-order valence-electron chi connectivity index (χ3n) is 2.50. The van der Waals surface area contributed by atoms with Gasteiger partial charge >= 0.3 is 0 Å². The molecule has 0 aliphatic rings. The van der Waals surface area contributed by atoms with E-state index in [1.54, 1.807) is 12.1 Å². The lowest BCUT2D eigenvalue weighted by Gasteiger charge is -2.06. The van der Waals surface area contributed by atoms with Gasteiger partial charge in [0.25, 0.3) is 5.91 Å². The van der Waals surface area contributed by atoms with Crippen LogP contribution in [0.2, 0.25) is 0 Å². The number of carbonyl (C=O) groups is 1. The highest BCUT2D eigenvalue weighted by molar-refractivity contribution is 7.90. The highest BCUT2D eigenvalue weighted by Crippen LogP contribution is 2.11. The van der Waals surface area contributed by atoms with Gasteiger partial charge in [0, 0.05) is 30.9 Å². The molecule has 0 spiro atoms. The van der Waals surface area contributed by atoms with E-state index in [0.717, 1.165) is 6.26 Å². The summed E-state index contributed by atoms with van der Waals surface area (Å²) in [5, 5.41) is 2.71. The second-order valence-electron chi connectivity index (χ2n) is 4.21. The Labute approximate surface area is 124 Å². The van der Waals surface area contributed by atoms with E-state index in [-0.39, 0.29) is 10.8 Å². The van der Waals surface area contributed by atoms with Gasteiger partial charge in [0.15, 0.2) is 9.84 Å². The summed E-state index contributed by atoms with van der Waals surface area (Å²) in [4.78, 5) is 12.0. The van der Waals surface area contributed by atoms with E-state index in [1.807, 2.05) is 0 Å². The van der Waals surface area contributed by atoms with Crippen molar-refractivity contribution in [2.75, 3.05) is 31.9 Å². The molecule has 0 fully saturated rings. The molecule has 1 aromatic carbocycles. The van der Waals surface area contributed by atoms with Gasteiger partial charge in [0.1, 0.15) is 0 Å². The first kappa shape index (κ1) is 16.9. The minimum absolute atomic E-state index is 0.135. The maximum atomic E-state index is 11.8. The van der Waals surface area contributed by atoms with Crippen LogP contribution in [-0.4, -0.2) is 46.2 Å². The van der Waals surface area contributed by atoms with Gasteiger partial charge in [-0.15, -0.1) is 11.6 Å². The fourth-order valence-electron chi connectivity index (χ4n) is 1.50. The molecule has 1 N–H and O–H groups in total. The topological polar surface area (TPSA) is 72.5 Å². The molecule has 0 aliphatic heterocycles. The SMILES string of the molecule is CS(=O)(=O)c1cccc(C(=O)NCCCOCCCl)c1. The Morgan fingerprint density at radius 3 is 2.75 bits per heavy atom. The summed E-state index contributed by atoms with van der Waals surface area (Å²) in [5.74, 6) is 0.151. The number of carbonyl (C=O) groups excluding carboxylic acids is 1. The molecule has 0 aliphatic carbocycles. The van der Waals surface area contributed by atoms with Crippen LogP contribution in [0.15, 0.2) is 29.2 Å². The van der Waals surface area contributed by atoms with Crippen LogP contribution < -0.4 is 5.32 Å². The minimum Gasteiger partial charge on any atom is -0.380 e. The first-order valence-corrected chi connectivity index (χ1v) is 8.60. The summed E-state index contributed by atoms with van der Waals surface area (Å²) in [6, 6.07) is 5.96. The van der Waals surface area contributed by atoms with Crippen molar-refractivity contribution in [3.05, 3.63) is 29.8 Å². The zero-order chi connectivity index (χ0) is 15.0. The summed E-state index contributed by atoms with van der Waals surface area (Å²) in [6.07, 6.45) is 1.78. The average molecular weight is 320 g/mol. The summed E-state index contributed by atoms with van der Waals surface area (Å²) < 4.78 is 28.0. The molecule has 1 aromatic rings. The van der Waals surface area contributed by atoms with Gasteiger partial charge in [-0.05, 0) is 24.6 Å². The lowest BCUT2D eigenvalue weighted by molar-refractivity contribution is 0.0944. The monoisotopic (exact) mass is 319 g/mol. The van der Waals surface area contributed by atoms with Gasteiger partial charge in [-0.3, -0.25) is 4.79 Å². The zero-order valence-electron chi connectivity index (χ0n) is 11.3. The molecule has 0 radical (unpaired) electrons. The number of ether oxygens (including phenoxy) is 1. The van der Waals surface area contributed by atoms with E-state index in [1.165, 1.54) is 12.1 Å². The maximum Gasteiger partial charge on any atom is 0.251 e. The van der Waals surface area contributed by atoms with E-state index >= 15 is 0 Å². The molecule has 0 atom stereocenters. The minimum atomic E-state index is -3.31. The second-order valence-corrected chi connectivity index (χ2v) is 6.60. The molecule has 0 bridgehead atoms. The molecule has 20 heavy (non-hydrogen) atoms. The first-order valence-electron chi connectivity index (χ1n) is 6.17. The van der Waals surface area contributed by atoms with Crippen LogP contribution in [0.3, 0.4) is 0 Å². The van der Waals surface area contributed by atoms with Crippen LogP contribution in [0.1, 0.15) is 16.8 Å². The van der Waals surface area contributed by atoms with Crippen LogP contribution in [0.4, 0.5) is 0 Å². The third kappa shape index (κ3) is 5.90. The van der Waals surface area contributed by atoms with Crippen LogP contribution in [0.5, 0.6) is 0 Å². The van der Waals surface area contributed by atoms with E-state index in [2.05, 4.69) is 5.32 Å². The fraction of sp³-hybridized carbons (Fsp3) is 0.462. The number of hydrogen-bond donors (Lipinski definition) is 1. The molecule has 5 nitrogen and oxygen atoms in total. The molecular formula is C13H18ClNO4S. The smallest absolute Gasteiger partial charge is 0.251 e. The van der Waals surface area contributed by atoms with Gasteiger partial charge in [0.2, 0.25) is 0 Å². The van der Waals surface area contributed by atoms with Gasteiger partial charge in [-0.1, -0.05) is 6.07 Å². The van der Waals surface area contributed by atoms with Crippen LogP contribution in [0, 0.1) is 0 Å². The normalized spacial score (nSPS) is 11.3. The molecule has 1 amide bonds. The van der Waals surface area contributed by atoms with Crippen molar-refractivity contribution in [3.8, 4) is 0 Å². The third-order valence-corrected chi connectivity index (χ3v) is 3.76. The van der Waals surface area contributed by atoms with E-state index in [9.17, 15) is 13.2 Å². The van der Waals surface area contributed by atoms with Crippen molar-refractivity contribution < 1.29 is 17.9 Å². The number of halogens is 1. The number of rotatable bonds is 8. The number of nitrogens with one attached hydrogen (secondary N) is 1. The first-order chi connectivity index (χ1) is 9.45. The number of hydrogen-bond acceptors (Lipinski definition) is 4. The summed E-state index contributed by atoms with van der Waals surface area (Å²) in [5.41, 5.74) is 0.328. The Morgan fingerprint density at radius 2 is 2.10 bits per heavy atom. The summed E-state index contributed by atoms with van der Waals surface area (Å²) in [6.45, 7) is 1.48. The highest BCUT2D eigenvalue weighted by atomic mass is 35.5. The van der Waals surface area contributed by atoms with Crippen LogP contribution >= 0.6 is 11.6 Å². The number of amides is 1. The number of sulfone groups is 1. The lowest BCUT2D eigenvalue weighted by atomic mass is 10.2. The van der Waals surface area contributed by atoms with Crippen molar-refractivity contribution in [2.24, 2.45) is 0 Å². The Bertz CT molecular complexity index is 545. The fourth-order valence-corrected chi connectivity index (χ4v) is 2.28. The molecular weight excluding hydrogens is 302 g/mol. The lowest BCUT2D eigenvalue weighted by Crippen LogP contribution is -2.25. The zero-order valence-corrected chi connectivity index (χ0v) is 12.8. The Morgan fingerprint density at radius 1 is 1.35 bits per heavy atom. The molecule has 112 valence electrons. The number of benzene rings is 1. The Balaban J connectivity index is 2.48. The summed E-state index contributed by atoms with van der Waals surface area (Å²) >= 11 is 5.45. The molecule has 7 heteroatoms. The highest BCUT2D eigenvalue weighted by Gasteiger charge is 2.11. The maximum absolute atomic E-state index is 11.8. The van der Waals surface area contributed by atoms with Crippen molar-refractivity contribution >= 4 is 27.3 Å². The van der Waals surface area contributed by atoms with Crippen LogP contribution in [-0.2, 0) is 14.6 Å². The number of alkyl halides is 1. The van der Waals surface area contributed by atoms with Gasteiger partial charge in [-0.25, -0.2) is 8.42 Å².